The zero-order valence-electron chi connectivity index (χ0n) is 22.6. The molecular weight excluding hydrogens is 435 g/mol. The van der Waals surface area contributed by atoms with Crippen molar-refractivity contribution in [3.63, 3.8) is 0 Å². The summed E-state index contributed by atoms with van der Waals surface area (Å²) in [5.41, 5.74) is 2.39. The van der Waals surface area contributed by atoms with E-state index in [1.54, 1.807) is 12.4 Å². The lowest BCUT2D eigenvalue weighted by atomic mass is 9.97. The Bertz CT molecular complexity index is 763. The van der Waals surface area contributed by atoms with E-state index < -0.39 is 6.17 Å². The number of alkyl halides is 1. The van der Waals surface area contributed by atoms with Crippen LogP contribution in [0.1, 0.15) is 116 Å². The van der Waals surface area contributed by atoms with Gasteiger partial charge in [0.1, 0.15) is 6.17 Å². The van der Waals surface area contributed by atoms with Crippen molar-refractivity contribution in [2.75, 3.05) is 6.61 Å². The molecule has 2 unspecified atom stereocenters. The van der Waals surface area contributed by atoms with Gasteiger partial charge >= 0.3 is 0 Å². The second kappa shape index (κ2) is 18.3. The Labute approximate surface area is 214 Å². The quantitative estimate of drug-likeness (QED) is 0.175. The van der Waals surface area contributed by atoms with Gasteiger partial charge in [0, 0.05) is 12.0 Å². The predicted octanol–water partition coefficient (Wildman–Crippen LogP) is 9.54. The van der Waals surface area contributed by atoms with Gasteiger partial charge < -0.3 is 4.74 Å². The number of ether oxygens (including phenoxy) is 1. The van der Waals surface area contributed by atoms with E-state index in [0.29, 0.717) is 24.6 Å². The maximum absolute atomic E-state index is 14.2. The fraction of sp³-hybridized carbons (Fsp3) is 0.677. The van der Waals surface area contributed by atoms with Crippen molar-refractivity contribution < 1.29 is 9.13 Å². The van der Waals surface area contributed by atoms with E-state index in [4.69, 9.17) is 4.74 Å². The van der Waals surface area contributed by atoms with Gasteiger partial charge in [0.25, 0.3) is 0 Å². The fourth-order valence-electron chi connectivity index (χ4n) is 4.46. The molecular formula is C31H49FN2O. The molecule has 2 rings (SSSR count). The number of aromatic nitrogens is 2. The number of hydrogen-bond donors (Lipinski definition) is 0. The van der Waals surface area contributed by atoms with Crippen LogP contribution < -0.4 is 4.74 Å². The lowest BCUT2D eigenvalue weighted by molar-refractivity contribution is 0.177. The van der Waals surface area contributed by atoms with Crippen molar-refractivity contribution in [3.8, 4) is 17.1 Å². The maximum atomic E-state index is 14.2. The number of hydrogen-bond acceptors (Lipinski definition) is 3. The minimum absolute atomic E-state index is 0.0882. The monoisotopic (exact) mass is 484 g/mol. The minimum Gasteiger partial charge on any atom is -0.490 e. The van der Waals surface area contributed by atoms with Gasteiger partial charge in [-0.1, -0.05) is 116 Å². The van der Waals surface area contributed by atoms with Crippen molar-refractivity contribution in [3.05, 3.63) is 42.2 Å². The molecule has 0 aliphatic carbocycles. The van der Waals surface area contributed by atoms with Crippen LogP contribution in [0.4, 0.5) is 4.39 Å². The molecule has 0 aliphatic rings. The number of unbranched alkanes of at least 4 members (excludes halogenated alkanes) is 10. The Morgan fingerprint density at radius 2 is 1.31 bits per heavy atom. The van der Waals surface area contributed by atoms with E-state index in [-0.39, 0.29) is 5.92 Å². The van der Waals surface area contributed by atoms with Crippen LogP contribution in [0.5, 0.6) is 5.75 Å². The highest BCUT2D eigenvalue weighted by atomic mass is 19.1. The van der Waals surface area contributed by atoms with Crippen LogP contribution in [0.3, 0.4) is 0 Å². The lowest BCUT2D eigenvalue weighted by Crippen LogP contribution is -2.16. The second-order valence-electron chi connectivity index (χ2n) is 10.1. The number of nitrogens with zero attached hydrogens (tertiary/aromatic N) is 2. The van der Waals surface area contributed by atoms with Gasteiger partial charge in [-0.25, -0.2) is 14.4 Å². The van der Waals surface area contributed by atoms with Crippen LogP contribution in [0.15, 0.2) is 36.7 Å². The Morgan fingerprint density at radius 3 is 1.91 bits per heavy atom. The summed E-state index contributed by atoms with van der Waals surface area (Å²) in [6.45, 7) is 6.76. The molecule has 0 fully saturated rings. The van der Waals surface area contributed by atoms with E-state index in [9.17, 15) is 4.39 Å². The first kappa shape index (κ1) is 29.3. The molecule has 3 nitrogen and oxygen atoms in total. The Kier molecular flexibility index (Phi) is 15.3. The molecule has 0 amide bonds. The molecule has 1 aromatic carbocycles. The largest absolute Gasteiger partial charge is 0.490 e. The molecule has 196 valence electrons. The van der Waals surface area contributed by atoms with Gasteiger partial charge in [0.2, 0.25) is 0 Å². The van der Waals surface area contributed by atoms with E-state index >= 15 is 0 Å². The molecule has 0 saturated carbocycles. The van der Waals surface area contributed by atoms with E-state index in [1.165, 1.54) is 69.8 Å². The molecule has 1 heterocycles. The van der Waals surface area contributed by atoms with Gasteiger partial charge in [-0.2, -0.15) is 0 Å². The van der Waals surface area contributed by atoms with Crippen molar-refractivity contribution in [1.29, 1.82) is 0 Å². The van der Waals surface area contributed by atoms with Crippen LogP contribution in [-0.4, -0.2) is 22.7 Å². The van der Waals surface area contributed by atoms with Crippen LogP contribution in [-0.2, 0) is 6.42 Å². The molecule has 35 heavy (non-hydrogen) atoms. The smallest absolute Gasteiger partial charge is 0.159 e. The molecule has 1 aromatic heterocycles. The third kappa shape index (κ3) is 12.5. The molecule has 0 aliphatic heterocycles. The first-order chi connectivity index (χ1) is 17.1. The highest BCUT2D eigenvalue weighted by Crippen LogP contribution is 2.21. The zero-order chi connectivity index (χ0) is 25.1. The third-order valence-electron chi connectivity index (χ3n) is 6.95. The summed E-state index contributed by atoms with van der Waals surface area (Å²) in [7, 11) is 0. The first-order valence-electron chi connectivity index (χ1n) is 14.3. The summed E-state index contributed by atoms with van der Waals surface area (Å²) >= 11 is 0. The van der Waals surface area contributed by atoms with Crippen LogP contribution in [0.2, 0.25) is 0 Å². The van der Waals surface area contributed by atoms with Crippen molar-refractivity contribution >= 4 is 0 Å². The first-order valence-corrected chi connectivity index (χ1v) is 14.3. The standard InChI is InChI=1S/C31H49FN2O/c1-4-6-8-9-10-11-12-13-14-15-17-27-18-20-28(21-19-27)31-33-24-29(25-34-31)35-23-22-30(32)26(3)16-7-5-2/h18-21,24-26,30H,4-17,22-23H2,1-3H3. The Hall–Kier alpha value is -1.97. The molecule has 2 aromatic rings. The predicted molar refractivity (Wildman–Crippen MR) is 147 cm³/mol. The van der Waals surface area contributed by atoms with Crippen molar-refractivity contribution in [1.82, 2.24) is 9.97 Å². The maximum Gasteiger partial charge on any atom is 0.159 e. The topological polar surface area (TPSA) is 35.0 Å². The average Bonchev–Trinajstić information content (AvgIpc) is 2.89. The normalized spacial score (nSPS) is 13.0. The van der Waals surface area contributed by atoms with Gasteiger partial charge in [0.05, 0.1) is 19.0 Å². The fourth-order valence-corrected chi connectivity index (χ4v) is 4.46. The molecule has 4 heteroatoms. The molecule has 0 radical (unpaired) electrons. The highest BCUT2D eigenvalue weighted by molar-refractivity contribution is 5.55. The Morgan fingerprint density at radius 1 is 0.743 bits per heavy atom. The summed E-state index contributed by atoms with van der Waals surface area (Å²) in [5, 5.41) is 0. The Balaban J connectivity index is 1.63. The van der Waals surface area contributed by atoms with Crippen LogP contribution >= 0.6 is 0 Å². The van der Waals surface area contributed by atoms with Crippen molar-refractivity contribution in [2.45, 2.75) is 123 Å². The SMILES string of the molecule is CCCCCCCCCCCCc1ccc(-c2ncc(OCCC(F)C(C)CCCC)cn2)cc1. The summed E-state index contributed by atoms with van der Waals surface area (Å²) in [5.74, 6) is 1.38. The van der Waals surface area contributed by atoms with Crippen molar-refractivity contribution in [2.24, 2.45) is 5.92 Å². The summed E-state index contributed by atoms with van der Waals surface area (Å²) in [4.78, 5) is 8.90. The van der Waals surface area contributed by atoms with E-state index in [0.717, 1.165) is 31.2 Å². The summed E-state index contributed by atoms with van der Waals surface area (Å²) < 4.78 is 19.9. The van der Waals surface area contributed by atoms with E-state index in [1.807, 2.05) is 6.92 Å². The average molecular weight is 485 g/mol. The zero-order valence-corrected chi connectivity index (χ0v) is 22.6. The minimum atomic E-state index is -0.819. The number of aryl methyl sites for hydroxylation is 1. The highest BCUT2D eigenvalue weighted by Gasteiger charge is 2.15. The van der Waals surface area contributed by atoms with Crippen LogP contribution in [0, 0.1) is 5.92 Å². The van der Waals surface area contributed by atoms with E-state index in [2.05, 4.69) is 48.1 Å². The lowest BCUT2D eigenvalue weighted by Gasteiger charge is -2.16. The molecule has 0 saturated heterocycles. The molecule has 2 atom stereocenters. The number of benzene rings is 1. The molecule has 0 bridgehead atoms. The third-order valence-corrected chi connectivity index (χ3v) is 6.95. The van der Waals surface area contributed by atoms with Gasteiger partial charge in [-0.3, -0.25) is 0 Å². The summed E-state index contributed by atoms with van der Waals surface area (Å²) in [6.07, 6.45) is 20.9. The molecule has 0 N–H and O–H groups in total. The van der Waals surface area contributed by atoms with Gasteiger partial charge in [0.15, 0.2) is 11.6 Å². The summed E-state index contributed by atoms with van der Waals surface area (Å²) in [6, 6.07) is 8.59. The van der Waals surface area contributed by atoms with Gasteiger partial charge in [-0.05, 0) is 30.7 Å². The molecule has 0 spiro atoms. The van der Waals surface area contributed by atoms with Gasteiger partial charge in [-0.15, -0.1) is 0 Å². The number of rotatable bonds is 20. The second-order valence-corrected chi connectivity index (χ2v) is 10.1. The number of halogens is 1. The van der Waals surface area contributed by atoms with Crippen LogP contribution in [0.25, 0.3) is 11.4 Å².